The summed E-state index contributed by atoms with van der Waals surface area (Å²) in [6.07, 6.45) is 5.51. The maximum atomic E-state index is 4.20. The zero-order valence-corrected chi connectivity index (χ0v) is 7.54. The fraction of sp³-hybridized carbons (Fsp3) is 0.333. The third-order valence-electron chi connectivity index (χ3n) is 1.95. The number of nitrogens with zero attached hydrogens (tertiary/aromatic N) is 2. The van der Waals surface area contributed by atoms with E-state index in [-0.39, 0.29) is 0 Å². The molecule has 1 aromatic heterocycles. The Bertz CT molecular complexity index is 332. The monoisotopic (exact) mass is 176 g/mol. The highest BCUT2D eigenvalue weighted by Gasteiger charge is 2.09. The lowest BCUT2D eigenvalue weighted by Gasteiger charge is -2.14. The lowest BCUT2D eigenvalue weighted by atomic mass is 10.1. The lowest BCUT2D eigenvalue weighted by Crippen LogP contribution is -2.14. The fourth-order valence-corrected chi connectivity index (χ4v) is 1.35. The number of aromatic nitrogens is 2. The Morgan fingerprint density at radius 1 is 1.54 bits per heavy atom. The Morgan fingerprint density at radius 2 is 2.46 bits per heavy atom. The van der Waals surface area contributed by atoms with Crippen molar-refractivity contribution in [3.05, 3.63) is 23.8 Å². The number of rotatable bonds is 2. The van der Waals surface area contributed by atoms with E-state index in [4.69, 9.17) is 0 Å². The molecule has 0 amide bonds. The van der Waals surface area contributed by atoms with Crippen molar-refractivity contribution in [2.24, 2.45) is 0 Å². The summed E-state index contributed by atoms with van der Waals surface area (Å²) in [6.45, 7) is 3.72. The van der Waals surface area contributed by atoms with Gasteiger partial charge in [-0.3, -0.25) is 0 Å². The molecule has 4 heteroatoms. The molecular formula is C9H12N4. The first-order valence-electron chi connectivity index (χ1n) is 4.39. The molecule has 2 rings (SSSR count). The summed E-state index contributed by atoms with van der Waals surface area (Å²) in [4.78, 5) is 8.38. The third-order valence-corrected chi connectivity index (χ3v) is 1.95. The second kappa shape index (κ2) is 3.43. The van der Waals surface area contributed by atoms with Gasteiger partial charge >= 0.3 is 0 Å². The zero-order valence-electron chi connectivity index (χ0n) is 7.54. The molecule has 68 valence electrons. The summed E-state index contributed by atoms with van der Waals surface area (Å²) in [7, 11) is 0. The van der Waals surface area contributed by atoms with E-state index in [0.29, 0.717) is 0 Å². The van der Waals surface area contributed by atoms with Crippen LogP contribution in [0.5, 0.6) is 0 Å². The maximum Gasteiger partial charge on any atom is 0.137 e. The Kier molecular flexibility index (Phi) is 2.12. The van der Waals surface area contributed by atoms with E-state index in [9.17, 15) is 0 Å². The summed E-state index contributed by atoms with van der Waals surface area (Å²) in [5.41, 5.74) is 2.15. The largest absolute Gasteiger partial charge is 0.385 e. The van der Waals surface area contributed by atoms with Gasteiger partial charge in [0.2, 0.25) is 0 Å². The van der Waals surface area contributed by atoms with Crippen molar-refractivity contribution in [2.75, 3.05) is 11.9 Å². The van der Waals surface area contributed by atoms with E-state index >= 15 is 0 Å². The van der Waals surface area contributed by atoms with Gasteiger partial charge in [-0.2, -0.15) is 0 Å². The van der Waals surface area contributed by atoms with Gasteiger partial charge in [-0.15, -0.1) is 0 Å². The van der Waals surface area contributed by atoms with Gasteiger partial charge < -0.3 is 10.6 Å². The summed E-state index contributed by atoms with van der Waals surface area (Å²) in [5, 5.41) is 6.32. The lowest BCUT2D eigenvalue weighted by molar-refractivity contribution is 0.815. The Hall–Kier alpha value is -1.58. The Balaban J connectivity index is 2.42. The maximum absolute atomic E-state index is 4.20. The van der Waals surface area contributed by atoms with Gasteiger partial charge in [-0.05, 0) is 19.2 Å². The molecule has 0 saturated carbocycles. The van der Waals surface area contributed by atoms with Crippen molar-refractivity contribution in [3.8, 4) is 0 Å². The molecule has 0 spiro atoms. The number of fused-ring (bicyclic) bond motifs is 1. The van der Waals surface area contributed by atoms with Crippen molar-refractivity contribution in [1.82, 2.24) is 15.3 Å². The van der Waals surface area contributed by atoms with Crippen molar-refractivity contribution < 1.29 is 0 Å². The molecule has 1 aromatic rings. The van der Waals surface area contributed by atoms with Gasteiger partial charge in [0.1, 0.15) is 12.1 Å². The average molecular weight is 176 g/mol. The van der Waals surface area contributed by atoms with Crippen LogP contribution < -0.4 is 10.6 Å². The predicted molar refractivity (Wildman–Crippen MR) is 52.1 cm³/mol. The molecule has 0 saturated heterocycles. The van der Waals surface area contributed by atoms with Crippen LogP contribution in [0.2, 0.25) is 0 Å². The Morgan fingerprint density at radius 3 is 3.31 bits per heavy atom. The molecule has 0 aromatic carbocycles. The highest BCUT2D eigenvalue weighted by Crippen LogP contribution is 2.18. The van der Waals surface area contributed by atoms with Crippen LogP contribution in [0.4, 0.5) is 5.82 Å². The molecule has 1 aliphatic rings. The molecule has 4 nitrogen and oxygen atoms in total. The van der Waals surface area contributed by atoms with E-state index in [1.54, 1.807) is 6.33 Å². The molecular weight excluding hydrogens is 164 g/mol. The van der Waals surface area contributed by atoms with Gasteiger partial charge in [0.25, 0.3) is 0 Å². The van der Waals surface area contributed by atoms with Gasteiger partial charge in [0.15, 0.2) is 0 Å². The first-order chi connectivity index (χ1) is 6.42. The second-order valence-electron chi connectivity index (χ2n) is 2.83. The van der Waals surface area contributed by atoms with E-state index in [0.717, 1.165) is 30.2 Å². The van der Waals surface area contributed by atoms with Crippen molar-refractivity contribution in [1.29, 1.82) is 0 Å². The SMILES string of the molecule is CCNc1ncnc2c1C=CNC2. The second-order valence-corrected chi connectivity index (χ2v) is 2.83. The van der Waals surface area contributed by atoms with E-state index < -0.39 is 0 Å². The molecule has 2 heterocycles. The quantitative estimate of drug-likeness (QED) is 0.705. The van der Waals surface area contributed by atoms with Crippen LogP contribution in [0.15, 0.2) is 12.5 Å². The van der Waals surface area contributed by atoms with E-state index in [1.807, 2.05) is 12.3 Å². The average Bonchev–Trinajstić information content (AvgIpc) is 2.19. The molecule has 1 aliphatic heterocycles. The molecule has 13 heavy (non-hydrogen) atoms. The number of nitrogens with one attached hydrogen (secondary N) is 2. The third kappa shape index (κ3) is 1.47. The van der Waals surface area contributed by atoms with Crippen LogP contribution in [-0.2, 0) is 6.54 Å². The minimum Gasteiger partial charge on any atom is -0.385 e. The number of hydrogen-bond donors (Lipinski definition) is 2. The highest BCUT2D eigenvalue weighted by molar-refractivity contribution is 5.65. The predicted octanol–water partition coefficient (Wildman–Crippen LogP) is 0.982. The molecule has 0 atom stereocenters. The summed E-state index contributed by atoms with van der Waals surface area (Å²) >= 11 is 0. The first-order valence-corrected chi connectivity index (χ1v) is 4.39. The highest BCUT2D eigenvalue weighted by atomic mass is 15.0. The zero-order chi connectivity index (χ0) is 9.10. The van der Waals surface area contributed by atoms with Crippen LogP contribution in [0.1, 0.15) is 18.2 Å². The van der Waals surface area contributed by atoms with Gasteiger partial charge in [-0.1, -0.05) is 0 Å². The van der Waals surface area contributed by atoms with Crippen LogP contribution in [-0.4, -0.2) is 16.5 Å². The molecule has 0 unspecified atom stereocenters. The van der Waals surface area contributed by atoms with Crippen LogP contribution in [0.3, 0.4) is 0 Å². The normalized spacial score (nSPS) is 13.3. The van der Waals surface area contributed by atoms with Gasteiger partial charge in [0.05, 0.1) is 12.2 Å². The molecule has 0 bridgehead atoms. The minimum absolute atomic E-state index is 0.784. The number of hydrogen-bond acceptors (Lipinski definition) is 4. The minimum atomic E-state index is 0.784. The van der Waals surface area contributed by atoms with Crippen molar-refractivity contribution >= 4 is 11.9 Å². The molecule has 0 fully saturated rings. The molecule has 2 N–H and O–H groups in total. The number of anilines is 1. The van der Waals surface area contributed by atoms with Crippen LogP contribution in [0.25, 0.3) is 6.08 Å². The topological polar surface area (TPSA) is 49.8 Å². The fourth-order valence-electron chi connectivity index (χ4n) is 1.35. The van der Waals surface area contributed by atoms with Gasteiger partial charge in [0, 0.05) is 12.1 Å². The van der Waals surface area contributed by atoms with Crippen molar-refractivity contribution in [2.45, 2.75) is 13.5 Å². The molecule has 0 aliphatic carbocycles. The Labute approximate surface area is 77.1 Å². The van der Waals surface area contributed by atoms with E-state index in [2.05, 4.69) is 27.5 Å². The first kappa shape index (κ1) is 8.04. The summed E-state index contributed by atoms with van der Waals surface area (Å²) in [6, 6.07) is 0. The summed E-state index contributed by atoms with van der Waals surface area (Å²) in [5.74, 6) is 0.922. The standard InChI is InChI=1S/C9H12N4/c1-2-11-9-7-3-4-10-5-8(7)12-6-13-9/h3-4,6,10H,2,5H2,1H3,(H,11,12,13). The smallest absolute Gasteiger partial charge is 0.137 e. The summed E-state index contributed by atoms with van der Waals surface area (Å²) < 4.78 is 0. The van der Waals surface area contributed by atoms with Crippen LogP contribution >= 0.6 is 0 Å². The van der Waals surface area contributed by atoms with E-state index in [1.165, 1.54) is 0 Å². The van der Waals surface area contributed by atoms with Crippen molar-refractivity contribution in [3.63, 3.8) is 0 Å². The molecule has 0 radical (unpaired) electrons. The van der Waals surface area contributed by atoms with Gasteiger partial charge in [-0.25, -0.2) is 9.97 Å². The van der Waals surface area contributed by atoms with Crippen LogP contribution in [0, 0.1) is 0 Å².